The summed E-state index contributed by atoms with van der Waals surface area (Å²) in [4.78, 5) is 10.9. The first-order chi connectivity index (χ1) is 8.18. The van der Waals surface area contributed by atoms with Crippen LogP contribution >= 0.6 is 0 Å². The van der Waals surface area contributed by atoms with Crippen molar-refractivity contribution >= 4 is 5.97 Å². The van der Waals surface area contributed by atoms with Crippen molar-refractivity contribution in [2.45, 2.75) is 32.2 Å². The molecule has 1 N–H and O–H groups in total. The van der Waals surface area contributed by atoms with E-state index in [-0.39, 0.29) is 6.04 Å². The Morgan fingerprint density at radius 1 is 1.29 bits per heavy atom. The molecule has 90 valence electrons. The molecule has 1 aliphatic carbocycles. The molecule has 1 aromatic carbocycles. The predicted molar refractivity (Wildman–Crippen MR) is 63.9 cm³/mol. The molecular formula is C14H16NO2-. The summed E-state index contributed by atoms with van der Waals surface area (Å²) in [6.07, 6.45) is 2.32. The van der Waals surface area contributed by atoms with Gasteiger partial charge in [-0.05, 0) is 37.3 Å². The molecule has 1 aliphatic rings. The fourth-order valence-electron chi connectivity index (χ4n) is 2.21. The highest BCUT2D eigenvalue weighted by molar-refractivity contribution is 5.86. The highest BCUT2D eigenvalue weighted by Gasteiger charge is 2.17. The van der Waals surface area contributed by atoms with Gasteiger partial charge >= 0.3 is 0 Å². The maximum absolute atomic E-state index is 10.9. The SMILES string of the molecule is CC(NC1=C(C(=O)[O-])CCC1)c1ccccc1. The Bertz CT molecular complexity index is 437. The smallest absolute Gasteiger partial charge is 0.0692 e. The van der Waals surface area contributed by atoms with Gasteiger partial charge in [0, 0.05) is 11.7 Å². The van der Waals surface area contributed by atoms with E-state index in [9.17, 15) is 9.90 Å². The lowest BCUT2D eigenvalue weighted by Gasteiger charge is -2.18. The number of benzene rings is 1. The summed E-state index contributed by atoms with van der Waals surface area (Å²) in [5, 5.41) is 14.2. The lowest BCUT2D eigenvalue weighted by atomic mass is 10.1. The van der Waals surface area contributed by atoms with Gasteiger partial charge in [0.15, 0.2) is 0 Å². The average Bonchev–Trinajstić information content (AvgIpc) is 2.78. The number of nitrogens with one attached hydrogen (secondary N) is 1. The van der Waals surface area contributed by atoms with Crippen LogP contribution in [0.2, 0.25) is 0 Å². The quantitative estimate of drug-likeness (QED) is 0.853. The van der Waals surface area contributed by atoms with E-state index in [1.807, 2.05) is 37.3 Å². The predicted octanol–water partition coefficient (Wildman–Crippen LogP) is 1.53. The molecule has 1 aromatic rings. The Balaban J connectivity index is 2.11. The molecule has 0 radical (unpaired) electrons. The lowest BCUT2D eigenvalue weighted by Crippen LogP contribution is -2.27. The monoisotopic (exact) mass is 230 g/mol. The van der Waals surface area contributed by atoms with Crippen LogP contribution in [0.1, 0.15) is 37.8 Å². The van der Waals surface area contributed by atoms with Crippen molar-refractivity contribution in [1.29, 1.82) is 0 Å². The maximum atomic E-state index is 10.9. The molecule has 0 fully saturated rings. The Labute approximate surface area is 101 Å². The largest absolute Gasteiger partial charge is 0.545 e. The van der Waals surface area contributed by atoms with Crippen LogP contribution in [0.3, 0.4) is 0 Å². The molecule has 0 bridgehead atoms. The topological polar surface area (TPSA) is 52.2 Å². The Morgan fingerprint density at radius 2 is 2.00 bits per heavy atom. The molecule has 3 nitrogen and oxygen atoms in total. The Morgan fingerprint density at radius 3 is 2.65 bits per heavy atom. The Kier molecular flexibility index (Phi) is 3.47. The Hall–Kier alpha value is -1.77. The molecule has 0 saturated heterocycles. The summed E-state index contributed by atoms with van der Waals surface area (Å²) < 4.78 is 0. The third kappa shape index (κ3) is 2.67. The van der Waals surface area contributed by atoms with E-state index in [4.69, 9.17) is 0 Å². The van der Waals surface area contributed by atoms with Gasteiger partial charge in [0.2, 0.25) is 0 Å². The van der Waals surface area contributed by atoms with E-state index in [0.29, 0.717) is 12.0 Å². The van der Waals surface area contributed by atoms with E-state index in [0.717, 1.165) is 24.1 Å². The molecule has 0 aliphatic heterocycles. The van der Waals surface area contributed by atoms with Gasteiger partial charge < -0.3 is 15.2 Å². The summed E-state index contributed by atoms with van der Waals surface area (Å²) >= 11 is 0. The fourth-order valence-corrected chi connectivity index (χ4v) is 2.21. The highest BCUT2D eigenvalue weighted by Crippen LogP contribution is 2.26. The number of carboxylic acid groups (broad SMARTS) is 1. The van der Waals surface area contributed by atoms with Crippen molar-refractivity contribution in [3.63, 3.8) is 0 Å². The van der Waals surface area contributed by atoms with Gasteiger partial charge in [-0.25, -0.2) is 0 Å². The van der Waals surface area contributed by atoms with Gasteiger partial charge in [0.1, 0.15) is 0 Å². The van der Waals surface area contributed by atoms with Gasteiger partial charge in [-0.2, -0.15) is 0 Å². The molecule has 2 rings (SSSR count). The first kappa shape index (κ1) is 11.7. The molecule has 1 unspecified atom stereocenters. The molecule has 17 heavy (non-hydrogen) atoms. The van der Waals surface area contributed by atoms with Crippen LogP contribution in [0.4, 0.5) is 0 Å². The molecule has 0 saturated carbocycles. The van der Waals surface area contributed by atoms with Crippen LogP contribution in [0.25, 0.3) is 0 Å². The summed E-state index contributed by atoms with van der Waals surface area (Å²) in [5.74, 6) is -1.04. The van der Waals surface area contributed by atoms with Crippen molar-refractivity contribution in [1.82, 2.24) is 5.32 Å². The molecule has 0 spiro atoms. The fraction of sp³-hybridized carbons (Fsp3) is 0.357. The van der Waals surface area contributed by atoms with Crippen LogP contribution in [0.15, 0.2) is 41.6 Å². The van der Waals surface area contributed by atoms with Gasteiger partial charge in [0.05, 0.1) is 5.97 Å². The van der Waals surface area contributed by atoms with E-state index in [1.165, 1.54) is 0 Å². The maximum Gasteiger partial charge on any atom is 0.0692 e. The van der Waals surface area contributed by atoms with E-state index >= 15 is 0 Å². The van der Waals surface area contributed by atoms with Crippen molar-refractivity contribution in [3.05, 3.63) is 47.2 Å². The molecule has 0 amide bonds. The molecule has 0 aromatic heterocycles. The minimum atomic E-state index is -1.04. The zero-order chi connectivity index (χ0) is 12.3. The van der Waals surface area contributed by atoms with E-state index in [1.54, 1.807) is 0 Å². The highest BCUT2D eigenvalue weighted by atomic mass is 16.4. The van der Waals surface area contributed by atoms with Crippen molar-refractivity contribution in [2.75, 3.05) is 0 Å². The van der Waals surface area contributed by atoms with Crippen LogP contribution in [0, 0.1) is 0 Å². The number of allylic oxidation sites excluding steroid dienone is 1. The van der Waals surface area contributed by atoms with Crippen molar-refractivity contribution < 1.29 is 9.90 Å². The number of carbonyl (C=O) groups excluding carboxylic acids is 1. The first-order valence-corrected chi connectivity index (χ1v) is 5.93. The van der Waals surface area contributed by atoms with E-state index in [2.05, 4.69) is 5.32 Å². The number of aliphatic carboxylic acids is 1. The molecule has 3 heteroatoms. The first-order valence-electron chi connectivity index (χ1n) is 5.93. The molecule has 0 heterocycles. The summed E-state index contributed by atoms with van der Waals surface area (Å²) in [5.41, 5.74) is 2.43. The number of hydrogen-bond acceptors (Lipinski definition) is 3. The van der Waals surface area contributed by atoms with Crippen LogP contribution in [0.5, 0.6) is 0 Å². The molecule has 1 atom stereocenters. The lowest BCUT2D eigenvalue weighted by molar-refractivity contribution is -0.299. The third-order valence-corrected chi connectivity index (χ3v) is 3.15. The van der Waals surface area contributed by atoms with E-state index < -0.39 is 5.97 Å². The minimum absolute atomic E-state index is 0.124. The zero-order valence-electron chi connectivity index (χ0n) is 9.90. The molecular weight excluding hydrogens is 214 g/mol. The minimum Gasteiger partial charge on any atom is -0.545 e. The normalized spacial score (nSPS) is 17.0. The van der Waals surface area contributed by atoms with Gasteiger partial charge in [-0.15, -0.1) is 0 Å². The van der Waals surface area contributed by atoms with Crippen molar-refractivity contribution in [2.24, 2.45) is 0 Å². The number of hydrogen-bond donors (Lipinski definition) is 1. The van der Waals surface area contributed by atoms with Gasteiger partial charge in [-0.1, -0.05) is 30.3 Å². The zero-order valence-corrected chi connectivity index (χ0v) is 9.90. The number of carboxylic acids is 1. The summed E-state index contributed by atoms with van der Waals surface area (Å²) in [6.45, 7) is 2.04. The van der Waals surface area contributed by atoms with Crippen LogP contribution in [-0.4, -0.2) is 5.97 Å². The number of rotatable bonds is 4. The van der Waals surface area contributed by atoms with Crippen molar-refractivity contribution in [3.8, 4) is 0 Å². The van der Waals surface area contributed by atoms with Crippen LogP contribution < -0.4 is 10.4 Å². The standard InChI is InChI=1S/C14H17NO2/c1-10(11-6-3-2-4-7-11)15-13-9-5-8-12(13)14(16)17/h2-4,6-7,10,15H,5,8-9H2,1H3,(H,16,17)/p-1. The second-order valence-electron chi connectivity index (χ2n) is 4.37. The van der Waals surface area contributed by atoms with Crippen LogP contribution in [-0.2, 0) is 4.79 Å². The summed E-state index contributed by atoms with van der Waals surface area (Å²) in [6, 6.07) is 10.1. The third-order valence-electron chi connectivity index (χ3n) is 3.15. The average molecular weight is 230 g/mol. The summed E-state index contributed by atoms with van der Waals surface area (Å²) in [7, 11) is 0. The second kappa shape index (κ2) is 5.04. The van der Waals surface area contributed by atoms with Gasteiger partial charge in [-0.3, -0.25) is 0 Å². The van der Waals surface area contributed by atoms with Gasteiger partial charge in [0.25, 0.3) is 0 Å². The number of carbonyl (C=O) groups is 1. The second-order valence-corrected chi connectivity index (χ2v) is 4.37.